The maximum Gasteiger partial charge on any atom is 0.269 e. The second-order valence-electron chi connectivity index (χ2n) is 9.24. The third kappa shape index (κ3) is 7.35. The van der Waals surface area contributed by atoms with E-state index < -0.39 is 40.3 Å². The van der Waals surface area contributed by atoms with Crippen molar-refractivity contribution in [2.24, 2.45) is 0 Å². The summed E-state index contributed by atoms with van der Waals surface area (Å²) in [5.41, 5.74) is 0.0617. The lowest BCUT2D eigenvalue weighted by atomic mass is 10.0. The van der Waals surface area contributed by atoms with E-state index in [0.29, 0.717) is 5.82 Å². The number of aliphatic hydroxyl groups is 1. The summed E-state index contributed by atoms with van der Waals surface area (Å²) < 4.78 is 79.7. The Hall–Kier alpha value is -3.46. The van der Waals surface area contributed by atoms with E-state index in [9.17, 15) is 30.8 Å². The molecule has 0 bridgehead atoms. The van der Waals surface area contributed by atoms with Gasteiger partial charge in [0, 0.05) is 39.0 Å². The van der Waals surface area contributed by atoms with Gasteiger partial charge >= 0.3 is 0 Å². The molecule has 0 atom stereocenters. The van der Waals surface area contributed by atoms with E-state index >= 15 is 0 Å². The molecule has 2 fully saturated rings. The molecule has 0 spiro atoms. The number of nitrogens with one attached hydrogen (secondary N) is 2. The number of anilines is 4. The van der Waals surface area contributed by atoms with E-state index in [1.807, 2.05) is 0 Å². The van der Waals surface area contributed by atoms with Gasteiger partial charge in [-0.05, 0) is 42.7 Å². The van der Waals surface area contributed by atoms with E-state index in [1.54, 1.807) is 21.9 Å². The highest BCUT2D eigenvalue weighted by Crippen LogP contribution is 2.31. The summed E-state index contributed by atoms with van der Waals surface area (Å²) in [5, 5.41) is 11.6. The number of aliphatic hydroxyl groups excluding tert-OH is 1. The van der Waals surface area contributed by atoms with Crippen LogP contribution in [0.25, 0.3) is 0 Å². The Kier molecular flexibility index (Phi) is 8.59. The molecule has 1 amide bonds. The molecule has 2 aromatic rings. The van der Waals surface area contributed by atoms with Gasteiger partial charge in [0.1, 0.15) is 23.3 Å². The molecule has 212 valence electrons. The molecule has 0 aromatic carbocycles. The minimum absolute atomic E-state index is 0.00791. The number of sulfonamides is 1. The van der Waals surface area contributed by atoms with E-state index in [1.165, 1.54) is 18.2 Å². The van der Waals surface area contributed by atoms with Crippen LogP contribution in [-0.2, 0) is 10.0 Å². The molecule has 10 nitrogen and oxygen atoms in total. The fraction of sp³-hybridized carbons (Fsp3) is 0.458. The Morgan fingerprint density at radius 3 is 2.31 bits per heavy atom. The van der Waals surface area contributed by atoms with Crippen LogP contribution in [0.5, 0.6) is 0 Å². The van der Waals surface area contributed by atoms with Crippen molar-refractivity contribution in [3.63, 3.8) is 0 Å². The number of halogens is 4. The van der Waals surface area contributed by atoms with Crippen molar-refractivity contribution in [1.82, 2.24) is 9.97 Å². The standard InChI is InChI=1S/C24H28F4N6O4S/c25-21(26)16-6-10-34(11-7-16)22-17(4-5-19(30-22)32-39(37,38)15-14-35)23(36)31-18-2-1-3-20(29-18)33-12-8-24(27,28)9-13-33/h1-5,35H,6-15H2,(H,30,32)(H,29,31,36). The van der Waals surface area contributed by atoms with Gasteiger partial charge in [-0.25, -0.2) is 27.2 Å². The van der Waals surface area contributed by atoms with E-state index in [-0.39, 0.29) is 80.5 Å². The summed E-state index contributed by atoms with van der Waals surface area (Å²) in [7, 11) is -3.91. The maximum atomic E-state index is 13.5. The summed E-state index contributed by atoms with van der Waals surface area (Å²) in [6.07, 6.45) is -2.25. The fourth-order valence-electron chi connectivity index (χ4n) is 4.35. The van der Waals surface area contributed by atoms with Crippen LogP contribution in [0.15, 0.2) is 42.0 Å². The summed E-state index contributed by atoms with van der Waals surface area (Å²) in [6.45, 7) is -0.126. The van der Waals surface area contributed by atoms with Crippen molar-refractivity contribution in [3.8, 4) is 0 Å². The number of nitrogens with zero attached hydrogens (tertiary/aromatic N) is 4. The molecule has 4 heterocycles. The minimum atomic E-state index is -3.91. The number of rotatable bonds is 8. The quantitative estimate of drug-likeness (QED) is 0.411. The average Bonchev–Trinajstić information content (AvgIpc) is 2.88. The first-order valence-corrected chi connectivity index (χ1v) is 13.9. The Balaban J connectivity index is 1.57. The largest absolute Gasteiger partial charge is 0.395 e. The monoisotopic (exact) mass is 572 g/mol. The highest BCUT2D eigenvalue weighted by atomic mass is 32.2. The zero-order chi connectivity index (χ0) is 28.2. The van der Waals surface area contributed by atoms with Crippen LogP contribution in [0.1, 0.15) is 36.0 Å². The Labute approximate surface area is 222 Å². The molecule has 3 N–H and O–H groups in total. The topological polar surface area (TPSA) is 128 Å². The van der Waals surface area contributed by atoms with Gasteiger partial charge in [0.2, 0.25) is 10.0 Å². The molecule has 4 rings (SSSR count). The molecule has 0 aliphatic carbocycles. The number of aromatic nitrogens is 2. The van der Waals surface area contributed by atoms with E-state index in [0.717, 1.165) is 0 Å². The van der Waals surface area contributed by atoms with Crippen LogP contribution in [0, 0.1) is 0 Å². The fourth-order valence-corrected chi connectivity index (χ4v) is 5.12. The van der Waals surface area contributed by atoms with Crippen molar-refractivity contribution in [2.75, 3.05) is 58.4 Å². The Bertz CT molecular complexity index is 1330. The number of carbonyl (C=O) groups excluding carboxylic acids is 1. The number of hydrogen-bond donors (Lipinski definition) is 3. The first-order valence-electron chi connectivity index (χ1n) is 12.3. The van der Waals surface area contributed by atoms with Crippen LogP contribution in [-0.4, -0.2) is 73.9 Å². The van der Waals surface area contributed by atoms with Gasteiger partial charge in [-0.3, -0.25) is 9.52 Å². The number of carbonyl (C=O) groups is 1. The molecule has 2 saturated heterocycles. The molecular weight excluding hydrogens is 544 g/mol. The zero-order valence-corrected chi connectivity index (χ0v) is 21.7. The van der Waals surface area contributed by atoms with Gasteiger partial charge in [0.15, 0.2) is 0 Å². The van der Waals surface area contributed by atoms with Crippen molar-refractivity contribution in [2.45, 2.75) is 31.6 Å². The molecular formula is C24H28F4N6O4S. The lowest BCUT2D eigenvalue weighted by Crippen LogP contribution is -2.39. The van der Waals surface area contributed by atoms with Crippen molar-refractivity contribution >= 4 is 39.2 Å². The summed E-state index contributed by atoms with van der Waals surface area (Å²) in [6, 6.07) is 7.45. The summed E-state index contributed by atoms with van der Waals surface area (Å²) in [5.74, 6) is -3.33. The molecule has 39 heavy (non-hydrogen) atoms. The molecule has 0 radical (unpaired) electrons. The van der Waals surface area contributed by atoms with Crippen LogP contribution in [0.4, 0.5) is 40.8 Å². The molecule has 0 unspecified atom stereocenters. The van der Waals surface area contributed by atoms with Gasteiger partial charge in [-0.1, -0.05) is 6.07 Å². The Morgan fingerprint density at radius 2 is 1.67 bits per heavy atom. The number of pyridine rings is 2. The van der Waals surface area contributed by atoms with Gasteiger partial charge in [-0.15, -0.1) is 0 Å². The van der Waals surface area contributed by atoms with Crippen LogP contribution < -0.4 is 19.8 Å². The Morgan fingerprint density at radius 1 is 0.974 bits per heavy atom. The first kappa shape index (κ1) is 28.5. The zero-order valence-electron chi connectivity index (χ0n) is 20.8. The molecule has 15 heteroatoms. The smallest absolute Gasteiger partial charge is 0.269 e. The SMILES string of the molecule is O=C(Nc1cccc(N2CCC(F)(F)CC2)n1)c1ccc(NS(=O)(=O)CCO)nc1N1CCC(=C(F)F)CC1. The van der Waals surface area contributed by atoms with Gasteiger partial charge in [-0.2, -0.15) is 8.78 Å². The number of piperidine rings is 2. The van der Waals surface area contributed by atoms with Crippen molar-refractivity contribution in [1.29, 1.82) is 0 Å². The average molecular weight is 573 g/mol. The molecule has 0 saturated carbocycles. The van der Waals surface area contributed by atoms with Gasteiger partial charge in [0.25, 0.3) is 17.9 Å². The minimum Gasteiger partial charge on any atom is -0.395 e. The molecule has 2 aliphatic heterocycles. The summed E-state index contributed by atoms with van der Waals surface area (Å²) in [4.78, 5) is 25.3. The lowest BCUT2D eigenvalue weighted by Gasteiger charge is -2.32. The highest BCUT2D eigenvalue weighted by molar-refractivity contribution is 7.92. The predicted octanol–water partition coefficient (Wildman–Crippen LogP) is 3.45. The van der Waals surface area contributed by atoms with Crippen molar-refractivity contribution in [3.05, 3.63) is 47.5 Å². The van der Waals surface area contributed by atoms with Crippen molar-refractivity contribution < 1.29 is 35.9 Å². The summed E-state index contributed by atoms with van der Waals surface area (Å²) >= 11 is 0. The predicted molar refractivity (Wildman–Crippen MR) is 138 cm³/mol. The first-order chi connectivity index (χ1) is 18.5. The number of amides is 1. The second kappa shape index (κ2) is 11.7. The normalized spacial score (nSPS) is 17.6. The second-order valence-corrected chi connectivity index (χ2v) is 11.1. The van der Waals surface area contributed by atoms with E-state index in [2.05, 4.69) is 20.0 Å². The molecule has 2 aliphatic rings. The highest BCUT2D eigenvalue weighted by Gasteiger charge is 2.34. The third-order valence-corrected chi connectivity index (χ3v) is 7.71. The van der Waals surface area contributed by atoms with Crippen LogP contribution in [0.2, 0.25) is 0 Å². The number of hydrogen-bond acceptors (Lipinski definition) is 8. The number of alkyl halides is 2. The van der Waals surface area contributed by atoms with Crippen LogP contribution in [0.3, 0.4) is 0 Å². The molecule has 2 aromatic heterocycles. The van der Waals surface area contributed by atoms with E-state index in [4.69, 9.17) is 5.11 Å². The third-order valence-electron chi connectivity index (χ3n) is 6.47. The van der Waals surface area contributed by atoms with Crippen LogP contribution >= 0.6 is 0 Å². The van der Waals surface area contributed by atoms with Gasteiger partial charge in [0.05, 0.1) is 17.9 Å². The lowest BCUT2D eigenvalue weighted by molar-refractivity contribution is -0.0221. The van der Waals surface area contributed by atoms with Gasteiger partial charge < -0.3 is 20.2 Å². The maximum absolute atomic E-state index is 13.5.